The molecule has 1 fully saturated rings. The van der Waals surface area contributed by atoms with Crippen molar-refractivity contribution in [2.75, 3.05) is 40.3 Å². The molecule has 136 valence electrons. The minimum atomic E-state index is 0. The largest absolute Gasteiger partial charge is 0.359 e. The molecule has 0 bridgehead atoms. The summed E-state index contributed by atoms with van der Waals surface area (Å²) in [5.41, 5.74) is 1.50. The second-order valence-electron chi connectivity index (χ2n) is 6.43. The van der Waals surface area contributed by atoms with Crippen molar-refractivity contribution in [2.45, 2.75) is 32.1 Å². The molecule has 0 radical (unpaired) electrons. The van der Waals surface area contributed by atoms with Gasteiger partial charge in [-0.2, -0.15) is 0 Å². The lowest BCUT2D eigenvalue weighted by molar-refractivity contribution is 0.181. The molecule has 0 unspecified atom stereocenters. The third kappa shape index (κ3) is 7.83. The average molecular weight is 444 g/mol. The molecule has 1 heterocycles. The first-order valence-corrected chi connectivity index (χ1v) is 8.96. The fraction of sp³-hybridized carbons (Fsp3) is 0.632. The lowest BCUT2D eigenvalue weighted by Gasteiger charge is -2.32. The van der Waals surface area contributed by atoms with E-state index in [0.29, 0.717) is 0 Å². The van der Waals surface area contributed by atoms with Gasteiger partial charge in [0.25, 0.3) is 0 Å². The Morgan fingerprint density at radius 3 is 2.50 bits per heavy atom. The van der Waals surface area contributed by atoms with E-state index in [0.717, 1.165) is 18.4 Å². The molecule has 1 aliphatic rings. The van der Waals surface area contributed by atoms with Crippen LogP contribution < -0.4 is 10.6 Å². The molecule has 0 aromatic heterocycles. The van der Waals surface area contributed by atoms with Gasteiger partial charge in [-0.1, -0.05) is 30.3 Å². The number of benzene rings is 1. The van der Waals surface area contributed by atoms with Gasteiger partial charge in [-0.25, -0.2) is 0 Å². The van der Waals surface area contributed by atoms with E-state index < -0.39 is 0 Å². The normalized spacial score (nSPS) is 16.5. The Kier molecular flexibility index (Phi) is 11.1. The van der Waals surface area contributed by atoms with Crippen molar-refractivity contribution in [3.63, 3.8) is 0 Å². The average Bonchev–Trinajstić information content (AvgIpc) is 2.60. The van der Waals surface area contributed by atoms with Crippen LogP contribution in [0, 0.1) is 5.92 Å². The SMILES string of the molecule is CN=C(NC)NCCCCN1CCC(Cc2ccccc2)CC1.I. The number of unbranched alkanes of at least 4 members (excludes halogenated alkanes) is 1. The van der Waals surface area contributed by atoms with Crippen molar-refractivity contribution in [1.29, 1.82) is 0 Å². The van der Waals surface area contributed by atoms with E-state index >= 15 is 0 Å². The van der Waals surface area contributed by atoms with Crippen LogP contribution >= 0.6 is 24.0 Å². The van der Waals surface area contributed by atoms with Crippen LogP contribution in [0.25, 0.3) is 0 Å². The highest BCUT2D eigenvalue weighted by Gasteiger charge is 2.18. The van der Waals surface area contributed by atoms with Crippen LogP contribution in [0.3, 0.4) is 0 Å². The number of hydrogen-bond donors (Lipinski definition) is 2. The van der Waals surface area contributed by atoms with Gasteiger partial charge < -0.3 is 15.5 Å². The monoisotopic (exact) mass is 444 g/mol. The van der Waals surface area contributed by atoms with E-state index in [9.17, 15) is 0 Å². The van der Waals surface area contributed by atoms with Gasteiger partial charge in [0.1, 0.15) is 0 Å². The molecule has 5 heteroatoms. The molecule has 0 spiro atoms. The fourth-order valence-corrected chi connectivity index (χ4v) is 3.31. The van der Waals surface area contributed by atoms with Crippen molar-refractivity contribution in [2.24, 2.45) is 10.9 Å². The highest BCUT2D eigenvalue weighted by Crippen LogP contribution is 2.21. The van der Waals surface area contributed by atoms with Crippen LogP contribution in [0.15, 0.2) is 35.3 Å². The Morgan fingerprint density at radius 2 is 1.88 bits per heavy atom. The number of rotatable bonds is 7. The predicted molar refractivity (Wildman–Crippen MR) is 114 cm³/mol. The molecule has 1 aromatic carbocycles. The molecule has 0 saturated carbocycles. The number of hydrogen-bond acceptors (Lipinski definition) is 2. The van der Waals surface area contributed by atoms with Crippen molar-refractivity contribution in [3.8, 4) is 0 Å². The number of halogens is 1. The highest BCUT2D eigenvalue weighted by molar-refractivity contribution is 14.0. The number of aliphatic imine (C=N–C) groups is 1. The van der Waals surface area contributed by atoms with Gasteiger partial charge in [-0.3, -0.25) is 4.99 Å². The summed E-state index contributed by atoms with van der Waals surface area (Å²) in [5, 5.41) is 6.36. The summed E-state index contributed by atoms with van der Waals surface area (Å²) in [6, 6.07) is 10.9. The Bertz CT molecular complexity index is 456. The summed E-state index contributed by atoms with van der Waals surface area (Å²) < 4.78 is 0. The Morgan fingerprint density at radius 1 is 1.17 bits per heavy atom. The first-order valence-electron chi connectivity index (χ1n) is 8.96. The highest BCUT2D eigenvalue weighted by atomic mass is 127. The molecule has 1 aliphatic heterocycles. The second-order valence-corrected chi connectivity index (χ2v) is 6.43. The summed E-state index contributed by atoms with van der Waals surface area (Å²) >= 11 is 0. The van der Waals surface area contributed by atoms with Crippen molar-refractivity contribution < 1.29 is 0 Å². The fourth-order valence-electron chi connectivity index (χ4n) is 3.31. The summed E-state index contributed by atoms with van der Waals surface area (Å²) in [6.45, 7) is 4.77. The van der Waals surface area contributed by atoms with Crippen LogP contribution in [0.5, 0.6) is 0 Å². The standard InChI is InChI=1S/C19H32N4.HI/c1-20-19(21-2)22-12-6-7-13-23-14-10-18(11-15-23)16-17-8-4-3-5-9-17;/h3-5,8-9,18H,6-7,10-16H2,1-2H3,(H2,20,21,22);1H. The van der Waals surface area contributed by atoms with Gasteiger partial charge in [-0.15, -0.1) is 24.0 Å². The topological polar surface area (TPSA) is 39.7 Å². The van der Waals surface area contributed by atoms with Crippen molar-refractivity contribution >= 4 is 29.9 Å². The van der Waals surface area contributed by atoms with E-state index in [1.54, 1.807) is 7.05 Å². The Hall–Kier alpha value is -0.820. The molecule has 0 amide bonds. The van der Waals surface area contributed by atoms with Gasteiger partial charge in [-0.05, 0) is 63.2 Å². The molecule has 1 saturated heterocycles. The van der Waals surface area contributed by atoms with Crippen LogP contribution in [0.4, 0.5) is 0 Å². The first kappa shape index (κ1) is 21.2. The third-order valence-corrected chi connectivity index (χ3v) is 4.73. The zero-order chi connectivity index (χ0) is 16.3. The number of guanidine groups is 1. The minimum absolute atomic E-state index is 0. The second kappa shape index (κ2) is 12.5. The van der Waals surface area contributed by atoms with Crippen LogP contribution in [0.2, 0.25) is 0 Å². The molecule has 2 N–H and O–H groups in total. The third-order valence-electron chi connectivity index (χ3n) is 4.73. The minimum Gasteiger partial charge on any atom is -0.359 e. The van der Waals surface area contributed by atoms with Gasteiger partial charge in [0, 0.05) is 20.6 Å². The Balaban J connectivity index is 0.00000288. The summed E-state index contributed by atoms with van der Waals surface area (Å²) in [7, 11) is 3.70. The van der Waals surface area contributed by atoms with Crippen molar-refractivity contribution in [3.05, 3.63) is 35.9 Å². The summed E-state index contributed by atoms with van der Waals surface area (Å²) in [6.07, 6.45) is 6.41. The molecule has 0 atom stereocenters. The molecular formula is C19H33IN4. The van der Waals surface area contributed by atoms with E-state index in [1.165, 1.54) is 57.3 Å². The van der Waals surface area contributed by atoms with E-state index in [1.807, 2.05) is 7.05 Å². The molecule has 0 aliphatic carbocycles. The maximum absolute atomic E-state index is 4.12. The zero-order valence-corrected chi connectivity index (χ0v) is 17.5. The lowest BCUT2D eigenvalue weighted by atomic mass is 9.90. The van der Waals surface area contributed by atoms with Crippen LogP contribution in [0.1, 0.15) is 31.2 Å². The lowest BCUT2D eigenvalue weighted by Crippen LogP contribution is -2.36. The molecule has 4 nitrogen and oxygen atoms in total. The quantitative estimate of drug-likeness (QED) is 0.294. The van der Waals surface area contributed by atoms with Crippen molar-refractivity contribution in [1.82, 2.24) is 15.5 Å². The maximum atomic E-state index is 4.12. The summed E-state index contributed by atoms with van der Waals surface area (Å²) in [4.78, 5) is 6.75. The van der Waals surface area contributed by atoms with Gasteiger partial charge in [0.05, 0.1) is 0 Å². The number of nitrogens with one attached hydrogen (secondary N) is 2. The molecular weight excluding hydrogens is 411 g/mol. The smallest absolute Gasteiger partial charge is 0.190 e. The Labute approximate surface area is 164 Å². The number of likely N-dealkylation sites (tertiary alicyclic amines) is 1. The first-order chi connectivity index (χ1) is 11.3. The maximum Gasteiger partial charge on any atom is 0.190 e. The van der Waals surface area contributed by atoms with Gasteiger partial charge in [0.15, 0.2) is 5.96 Å². The van der Waals surface area contributed by atoms with E-state index in [-0.39, 0.29) is 24.0 Å². The van der Waals surface area contributed by atoms with Gasteiger partial charge in [0.2, 0.25) is 0 Å². The predicted octanol–water partition coefficient (Wildman–Crippen LogP) is 3.13. The van der Waals surface area contributed by atoms with E-state index in [2.05, 4.69) is 50.9 Å². The molecule has 1 aromatic rings. The van der Waals surface area contributed by atoms with Crippen LogP contribution in [-0.4, -0.2) is 51.1 Å². The van der Waals surface area contributed by atoms with E-state index in [4.69, 9.17) is 0 Å². The zero-order valence-electron chi connectivity index (χ0n) is 15.1. The van der Waals surface area contributed by atoms with Crippen LogP contribution in [-0.2, 0) is 6.42 Å². The number of nitrogens with zero attached hydrogens (tertiary/aromatic N) is 2. The van der Waals surface area contributed by atoms with Gasteiger partial charge >= 0.3 is 0 Å². The molecule has 2 rings (SSSR count). The number of piperidine rings is 1. The molecule has 24 heavy (non-hydrogen) atoms. The summed E-state index contributed by atoms with van der Waals surface area (Å²) in [5.74, 6) is 1.75.